The zero-order valence-corrected chi connectivity index (χ0v) is 30.7. The van der Waals surface area contributed by atoms with Crippen molar-refractivity contribution >= 4 is 85.1 Å². The molecule has 0 saturated heterocycles. The molecule has 0 radical (unpaired) electrons. The lowest BCUT2D eigenvalue weighted by Crippen LogP contribution is -2.06. The Balaban J connectivity index is 1.17. The summed E-state index contributed by atoms with van der Waals surface area (Å²) in [4.78, 5) is 0.709. The molecule has 5 aromatic carbocycles. The van der Waals surface area contributed by atoms with Crippen LogP contribution in [0.1, 0.15) is 90.9 Å². The third-order valence-corrected chi connectivity index (χ3v) is 13.8. The fourth-order valence-corrected chi connectivity index (χ4v) is 10.1. The van der Waals surface area contributed by atoms with Crippen LogP contribution in [0.3, 0.4) is 0 Å². The number of fused-ring (bicyclic) bond motifs is 8. The first-order valence-corrected chi connectivity index (χ1v) is 21.6. The van der Waals surface area contributed by atoms with E-state index in [2.05, 4.69) is 26.0 Å². The van der Waals surface area contributed by atoms with Gasteiger partial charge in [-0.3, -0.25) is 0 Å². The van der Waals surface area contributed by atoms with Crippen LogP contribution in [0.5, 0.6) is 0 Å². The zero-order chi connectivity index (χ0) is 34.9. The first-order chi connectivity index (χ1) is 24.2. The van der Waals surface area contributed by atoms with Crippen LogP contribution in [0, 0.1) is 0 Å². The van der Waals surface area contributed by atoms with Gasteiger partial charge in [0.1, 0.15) is 22.3 Å². The fraction of sp³-hybridized carbons (Fsp3) is 0.381. The third-order valence-electron chi connectivity index (χ3n) is 10.2. The summed E-state index contributed by atoms with van der Waals surface area (Å²) in [6.45, 7) is 4.35. The largest absolute Gasteiger partial charge is 0.456 e. The number of unbranched alkanes of at least 4 members (excludes halogenated alkanes) is 10. The maximum atomic E-state index is 13.1. The summed E-state index contributed by atoms with van der Waals surface area (Å²) in [6, 6.07) is 22.7. The van der Waals surface area contributed by atoms with Crippen LogP contribution in [-0.2, 0) is 19.7 Å². The highest BCUT2D eigenvalue weighted by Gasteiger charge is 2.19. The summed E-state index contributed by atoms with van der Waals surface area (Å²) in [6.07, 6.45) is 12.5. The van der Waals surface area contributed by atoms with Gasteiger partial charge < -0.3 is 8.83 Å². The second kappa shape index (κ2) is 14.4. The second-order valence-corrected chi connectivity index (χ2v) is 18.2. The average Bonchev–Trinajstić information content (AvgIpc) is 3.63. The molecule has 0 aliphatic carbocycles. The minimum atomic E-state index is -3.37. The zero-order valence-electron chi connectivity index (χ0n) is 29.1. The van der Waals surface area contributed by atoms with E-state index >= 15 is 0 Å². The lowest BCUT2D eigenvalue weighted by Gasteiger charge is -2.07. The molecule has 0 N–H and O–H groups in total. The Labute approximate surface area is 294 Å². The van der Waals surface area contributed by atoms with Gasteiger partial charge >= 0.3 is 0 Å². The van der Waals surface area contributed by atoms with E-state index in [1.54, 1.807) is 24.3 Å². The molecule has 0 spiro atoms. The molecule has 0 atom stereocenters. The summed E-state index contributed by atoms with van der Waals surface area (Å²) in [7, 11) is -6.74. The molecule has 0 aliphatic heterocycles. The van der Waals surface area contributed by atoms with Gasteiger partial charge in [0, 0.05) is 21.5 Å². The smallest absolute Gasteiger partial charge is 0.178 e. The predicted octanol–water partition coefficient (Wildman–Crippen LogP) is 12.1. The van der Waals surface area contributed by atoms with Crippen molar-refractivity contribution in [3.05, 3.63) is 72.8 Å². The van der Waals surface area contributed by atoms with Crippen molar-refractivity contribution < 1.29 is 25.7 Å². The summed E-state index contributed by atoms with van der Waals surface area (Å²) in [5.41, 5.74) is 2.82. The number of rotatable bonds is 16. The van der Waals surface area contributed by atoms with E-state index in [0.717, 1.165) is 92.8 Å². The topological polar surface area (TPSA) is 94.6 Å². The second-order valence-electron chi connectivity index (χ2n) is 13.9. The maximum absolute atomic E-state index is 13.1. The minimum absolute atomic E-state index is 0.166. The summed E-state index contributed by atoms with van der Waals surface area (Å²) in [5.74, 6) is 0.332. The van der Waals surface area contributed by atoms with Gasteiger partial charge in [0.05, 0.1) is 21.3 Å². The molecule has 2 heterocycles. The van der Waals surface area contributed by atoms with Crippen LogP contribution in [0.15, 0.2) is 91.4 Å². The van der Waals surface area contributed by atoms with Gasteiger partial charge in [0.2, 0.25) is 0 Å². The Morgan fingerprint density at radius 1 is 0.400 bits per heavy atom. The average molecular weight is 711 g/mol. The molecule has 50 heavy (non-hydrogen) atoms. The first-order valence-electron chi connectivity index (χ1n) is 18.3. The number of benzene rings is 5. The Morgan fingerprint density at radius 3 is 1.18 bits per heavy atom. The van der Waals surface area contributed by atoms with Crippen LogP contribution in [-0.4, -0.2) is 28.3 Å². The third kappa shape index (κ3) is 7.02. The van der Waals surface area contributed by atoms with Crippen molar-refractivity contribution in [1.29, 1.82) is 0 Å². The molecule has 6 nitrogen and oxygen atoms in total. The highest BCUT2D eigenvalue weighted by atomic mass is 32.2. The molecule has 7 rings (SSSR count). The predicted molar refractivity (Wildman–Crippen MR) is 207 cm³/mol. The highest BCUT2D eigenvalue weighted by molar-refractivity contribution is 7.91. The molecule has 8 heteroatoms. The monoisotopic (exact) mass is 710 g/mol. The van der Waals surface area contributed by atoms with Crippen molar-refractivity contribution in [2.24, 2.45) is 0 Å². The standard InChI is InChI=1S/C42H46O6S2/c1-3-5-7-9-11-13-19-49(43,44)33-17-15-29-23-35-37-27-42-38(28-41(37)47-39(35)25-31(29)21-33)36-24-30-16-18-34(22-32(30)26-40(36)48-42)50(45,46)20-14-12-10-8-6-4-2/h15-18,21-28H,3-14,19-20H2,1-2H3. The summed E-state index contributed by atoms with van der Waals surface area (Å²) in [5, 5.41) is 7.24. The Morgan fingerprint density at radius 2 is 0.760 bits per heavy atom. The number of sulfone groups is 2. The van der Waals surface area contributed by atoms with E-state index in [1.165, 1.54) is 25.7 Å². The number of furan rings is 2. The van der Waals surface area contributed by atoms with Crippen molar-refractivity contribution in [3.8, 4) is 0 Å². The Bertz CT molecular complexity index is 2380. The van der Waals surface area contributed by atoms with Crippen LogP contribution in [0.2, 0.25) is 0 Å². The Hall–Kier alpha value is -3.88. The van der Waals surface area contributed by atoms with Crippen LogP contribution >= 0.6 is 0 Å². The highest BCUT2D eigenvalue weighted by Crippen LogP contribution is 2.39. The van der Waals surface area contributed by atoms with Gasteiger partial charge in [0.15, 0.2) is 19.7 Å². The minimum Gasteiger partial charge on any atom is -0.456 e. The van der Waals surface area contributed by atoms with E-state index in [4.69, 9.17) is 8.83 Å². The molecule has 2 aromatic heterocycles. The van der Waals surface area contributed by atoms with E-state index in [-0.39, 0.29) is 11.5 Å². The van der Waals surface area contributed by atoms with Gasteiger partial charge in [-0.05, 0) is 95.1 Å². The quantitative estimate of drug-likeness (QED) is 0.0927. The number of hydrogen-bond donors (Lipinski definition) is 0. The molecule has 7 aromatic rings. The maximum Gasteiger partial charge on any atom is 0.178 e. The fourth-order valence-electron chi connectivity index (χ4n) is 7.25. The normalized spacial score (nSPS) is 12.8. The molecule has 262 valence electrons. The molecule has 0 fully saturated rings. The van der Waals surface area contributed by atoms with Crippen molar-refractivity contribution in [3.63, 3.8) is 0 Å². The number of hydrogen-bond acceptors (Lipinski definition) is 6. The van der Waals surface area contributed by atoms with Crippen molar-refractivity contribution in [1.82, 2.24) is 0 Å². The molecule has 0 unspecified atom stereocenters. The van der Waals surface area contributed by atoms with E-state index in [9.17, 15) is 16.8 Å². The van der Waals surface area contributed by atoms with Gasteiger partial charge in [-0.25, -0.2) is 16.8 Å². The van der Waals surface area contributed by atoms with Crippen molar-refractivity contribution in [2.75, 3.05) is 11.5 Å². The lowest BCUT2D eigenvalue weighted by molar-refractivity contribution is 0.582. The molecular formula is C42H46O6S2. The van der Waals surface area contributed by atoms with Crippen LogP contribution in [0.4, 0.5) is 0 Å². The van der Waals surface area contributed by atoms with Gasteiger partial charge in [-0.1, -0.05) is 90.2 Å². The van der Waals surface area contributed by atoms with E-state index < -0.39 is 19.7 Å². The molecule has 0 saturated carbocycles. The Kier molecular flexibility index (Phi) is 9.95. The van der Waals surface area contributed by atoms with Crippen LogP contribution < -0.4 is 0 Å². The van der Waals surface area contributed by atoms with Crippen molar-refractivity contribution in [2.45, 2.75) is 101 Å². The molecule has 0 amide bonds. The van der Waals surface area contributed by atoms with Crippen LogP contribution in [0.25, 0.3) is 65.4 Å². The summed E-state index contributed by atoms with van der Waals surface area (Å²) < 4.78 is 65.3. The SMILES string of the molecule is CCCCCCCCS(=O)(=O)c1ccc2cc3c(cc2c1)oc1cc2c(cc13)oc1cc3cc(S(=O)(=O)CCCCCCCC)ccc3cc12. The van der Waals surface area contributed by atoms with Gasteiger partial charge in [-0.2, -0.15) is 0 Å². The van der Waals surface area contributed by atoms with Gasteiger partial charge in [-0.15, -0.1) is 0 Å². The first kappa shape index (κ1) is 34.6. The van der Waals surface area contributed by atoms with E-state index in [1.807, 2.05) is 36.4 Å². The molecular weight excluding hydrogens is 665 g/mol. The molecule has 0 bridgehead atoms. The van der Waals surface area contributed by atoms with E-state index in [0.29, 0.717) is 33.8 Å². The molecule has 0 aliphatic rings. The van der Waals surface area contributed by atoms with Gasteiger partial charge in [0.25, 0.3) is 0 Å². The summed E-state index contributed by atoms with van der Waals surface area (Å²) >= 11 is 0. The lowest BCUT2D eigenvalue weighted by atomic mass is 10.0.